The van der Waals surface area contributed by atoms with Crippen molar-refractivity contribution < 1.29 is 14.3 Å². The molecule has 1 aliphatic heterocycles. The van der Waals surface area contributed by atoms with Crippen LogP contribution in [0.1, 0.15) is 46.0 Å². The molecule has 0 saturated carbocycles. The highest BCUT2D eigenvalue weighted by Gasteiger charge is 2.22. The maximum absolute atomic E-state index is 13.1. The molecule has 4 rings (SSSR count). The van der Waals surface area contributed by atoms with Crippen molar-refractivity contribution in [1.29, 1.82) is 0 Å². The Morgan fingerprint density at radius 3 is 2.53 bits per heavy atom. The van der Waals surface area contributed by atoms with Gasteiger partial charge in [-0.3, -0.25) is 9.59 Å². The van der Waals surface area contributed by atoms with E-state index in [0.29, 0.717) is 35.1 Å². The van der Waals surface area contributed by atoms with Gasteiger partial charge in [-0.05, 0) is 60.7 Å². The van der Waals surface area contributed by atoms with Crippen LogP contribution in [-0.2, 0) is 6.42 Å². The molecule has 3 aromatic rings. The highest BCUT2D eigenvalue weighted by atomic mass is 79.9. The van der Waals surface area contributed by atoms with Crippen molar-refractivity contribution in [2.45, 2.75) is 26.2 Å². The molecule has 2 amide bonds. The average molecular weight is 521 g/mol. The number of nitrogens with one attached hydrogen (secondary N) is 1. The van der Waals surface area contributed by atoms with Crippen LogP contribution in [0.15, 0.2) is 77.3 Å². The van der Waals surface area contributed by atoms with Crippen LogP contribution < -0.4 is 10.1 Å². The second-order valence-electron chi connectivity index (χ2n) is 8.73. The molecule has 176 valence electrons. The molecule has 0 unspecified atom stereocenters. The molecule has 5 nitrogen and oxygen atoms in total. The van der Waals surface area contributed by atoms with Gasteiger partial charge in [0.1, 0.15) is 5.75 Å². The van der Waals surface area contributed by atoms with Gasteiger partial charge in [0.15, 0.2) is 0 Å². The summed E-state index contributed by atoms with van der Waals surface area (Å²) in [6.45, 7) is 4.24. The monoisotopic (exact) mass is 520 g/mol. The summed E-state index contributed by atoms with van der Waals surface area (Å²) in [7, 11) is 0. The van der Waals surface area contributed by atoms with E-state index < -0.39 is 0 Å². The number of anilines is 1. The Bertz CT molecular complexity index is 1140. The van der Waals surface area contributed by atoms with Gasteiger partial charge < -0.3 is 15.0 Å². The van der Waals surface area contributed by atoms with Gasteiger partial charge in [-0.15, -0.1) is 0 Å². The minimum absolute atomic E-state index is 0.00962. The summed E-state index contributed by atoms with van der Waals surface area (Å²) in [5.41, 5.74) is 2.77. The standard InChI is InChI=1S/C28H29BrN2O3/c1-20-12-15-31(16-13-20)28(33)22-8-5-9-24(18-22)30-27(32)25-19-23(29)10-11-26(25)34-17-14-21-6-3-2-4-7-21/h2-11,18-20H,12-17H2,1H3,(H,30,32). The van der Waals surface area contributed by atoms with Crippen molar-refractivity contribution in [2.75, 3.05) is 25.0 Å². The van der Waals surface area contributed by atoms with Gasteiger partial charge in [-0.25, -0.2) is 0 Å². The first-order chi connectivity index (χ1) is 16.5. The fraction of sp³-hybridized carbons (Fsp3) is 0.286. The number of hydrogen-bond acceptors (Lipinski definition) is 3. The summed E-state index contributed by atoms with van der Waals surface area (Å²) in [5, 5.41) is 2.93. The molecule has 0 radical (unpaired) electrons. The number of nitrogens with zero attached hydrogens (tertiary/aromatic N) is 1. The summed E-state index contributed by atoms with van der Waals surface area (Å²) in [6, 6.07) is 22.6. The molecule has 34 heavy (non-hydrogen) atoms. The number of amides is 2. The molecule has 0 bridgehead atoms. The SMILES string of the molecule is CC1CCN(C(=O)c2cccc(NC(=O)c3cc(Br)ccc3OCCc3ccccc3)c2)CC1. The van der Waals surface area contributed by atoms with Gasteiger partial charge in [0.2, 0.25) is 0 Å². The zero-order chi connectivity index (χ0) is 23.9. The molecule has 3 aromatic carbocycles. The topological polar surface area (TPSA) is 58.6 Å². The van der Waals surface area contributed by atoms with Gasteiger partial charge in [-0.1, -0.05) is 59.3 Å². The van der Waals surface area contributed by atoms with E-state index in [0.717, 1.165) is 36.8 Å². The number of halogens is 1. The third-order valence-corrected chi connectivity index (χ3v) is 6.61. The van der Waals surface area contributed by atoms with Crippen molar-refractivity contribution in [3.8, 4) is 5.75 Å². The summed E-state index contributed by atoms with van der Waals surface area (Å²) in [6.07, 6.45) is 2.80. The van der Waals surface area contributed by atoms with Crippen LogP contribution in [0.3, 0.4) is 0 Å². The van der Waals surface area contributed by atoms with Crippen LogP contribution in [-0.4, -0.2) is 36.4 Å². The van der Waals surface area contributed by atoms with Gasteiger partial charge in [0.25, 0.3) is 11.8 Å². The van der Waals surface area contributed by atoms with Crippen LogP contribution in [0, 0.1) is 5.92 Å². The highest BCUT2D eigenvalue weighted by molar-refractivity contribution is 9.10. The van der Waals surface area contributed by atoms with E-state index in [-0.39, 0.29) is 11.8 Å². The van der Waals surface area contributed by atoms with E-state index >= 15 is 0 Å². The molecule has 0 aliphatic carbocycles. The summed E-state index contributed by atoms with van der Waals surface area (Å²) in [5.74, 6) is 0.901. The Morgan fingerprint density at radius 1 is 1.00 bits per heavy atom. The van der Waals surface area contributed by atoms with Crippen molar-refractivity contribution in [3.63, 3.8) is 0 Å². The number of carbonyl (C=O) groups is 2. The van der Waals surface area contributed by atoms with E-state index in [1.54, 1.807) is 36.4 Å². The second-order valence-corrected chi connectivity index (χ2v) is 9.65. The smallest absolute Gasteiger partial charge is 0.259 e. The van der Waals surface area contributed by atoms with Crippen LogP contribution in [0.5, 0.6) is 5.75 Å². The number of likely N-dealkylation sites (tertiary alicyclic amines) is 1. The van der Waals surface area contributed by atoms with Gasteiger partial charge in [0, 0.05) is 35.2 Å². The predicted molar refractivity (Wildman–Crippen MR) is 138 cm³/mol. The van der Waals surface area contributed by atoms with Crippen molar-refractivity contribution in [3.05, 3.63) is 94.0 Å². The first-order valence-corrected chi connectivity index (χ1v) is 12.5. The van der Waals surface area contributed by atoms with Crippen LogP contribution in [0.25, 0.3) is 0 Å². The normalized spacial score (nSPS) is 14.0. The molecule has 0 spiro atoms. The third kappa shape index (κ3) is 6.26. The lowest BCUT2D eigenvalue weighted by atomic mass is 9.98. The summed E-state index contributed by atoms with van der Waals surface area (Å²) in [4.78, 5) is 28.0. The van der Waals surface area contributed by atoms with E-state index in [1.165, 1.54) is 5.56 Å². The van der Waals surface area contributed by atoms with Crippen LogP contribution in [0.2, 0.25) is 0 Å². The average Bonchev–Trinajstić information content (AvgIpc) is 2.86. The Hall–Kier alpha value is -3.12. The van der Waals surface area contributed by atoms with Gasteiger partial charge >= 0.3 is 0 Å². The second kappa shape index (κ2) is 11.3. The summed E-state index contributed by atoms with van der Waals surface area (Å²) >= 11 is 3.45. The Morgan fingerprint density at radius 2 is 1.76 bits per heavy atom. The molecular weight excluding hydrogens is 492 g/mol. The van der Waals surface area contributed by atoms with E-state index in [2.05, 4.69) is 40.3 Å². The van der Waals surface area contributed by atoms with Gasteiger partial charge in [-0.2, -0.15) is 0 Å². The molecule has 6 heteroatoms. The number of carbonyl (C=O) groups excluding carboxylic acids is 2. The first-order valence-electron chi connectivity index (χ1n) is 11.7. The lowest BCUT2D eigenvalue weighted by Crippen LogP contribution is -2.37. The van der Waals surface area contributed by atoms with Crippen molar-refractivity contribution >= 4 is 33.4 Å². The predicted octanol–water partition coefficient (Wildman–Crippen LogP) is 6.20. The lowest BCUT2D eigenvalue weighted by Gasteiger charge is -2.30. The zero-order valence-electron chi connectivity index (χ0n) is 19.3. The molecular formula is C28H29BrN2O3. The first kappa shape index (κ1) is 24.0. The molecule has 1 heterocycles. The summed E-state index contributed by atoms with van der Waals surface area (Å²) < 4.78 is 6.75. The lowest BCUT2D eigenvalue weighted by molar-refractivity contribution is 0.0697. The number of rotatable bonds is 7. The zero-order valence-corrected chi connectivity index (χ0v) is 20.9. The molecule has 0 atom stereocenters. The van der Waals surface area contributed by atoms with E-state index in [1.807, 2.05) is 29.2 Å². The molecule has 1 aliphatic rings. The van der Waals surface area contributed by atoms with Gasteiger partial charge in [0.05, 0.1) is 12.2 Å². The van der Waals surface area contributed by atoms with Crippen molar-refractivity contribution in [1.82, 2.24) is 4.90 Å². The number of benzene rings is 3. The third-order valence-electron chi connectivity index (χ3n) is 6.12. The molecule has 1 saturated heterocycles. The quantitative estimate of drug-likeness (QED) is 0.403. The van der Waals surface area contributed by atoms with Crippen LogP contribution >= 0.6 is 15.9 Å². The molecule has 0 aromatic heterocycles. The maximum Gasteiger partial charge on any atom is 0.259 e. The molecule has 1 fully saturated rings. The Kier molecular flexibility index (Phi) is 8.01. The highest BCUT2D eigenvalue weighted by Crippen LogP contribution is 2.25. The number of piperidine rings is 1. The van der Waals surface area contributed by atoms with Crippen LogP contribution in [0.4, 0.5) is 5.69 Å². The fourth-order valence-electron chi connectivity index (χ4n) is 4.05. The Balaban J connectivity index is 1.43. The van der Waals surface area contributed by atoms with E-state index in [4.69, 9.17) is 4.74 Å². The minimum atomic E-state index is -0.285. The van der Waals surface area contributed by atoms with E-state index in [9.17, 15) is 9.59 Å². The number of hydrogen-bond donors (Lipinski definition) is 1. The largest absolute Gasteiger partial charge is 0.492 e. The van der Waals surface area contributed by atoms with Crippen molar-refractivity contribution in [2.24, 2.45) is 5.92 Å². The number of ether oxygens (including phenoxy) is 1. The maximum atomic E-state index is 13.1. The fourth-order valence-corrected chi connectivity index (χ4v) is 4.41. The minimum Gasteiger partial charge on any atom is -0.492 e. The Labute approximate surface area is 209 Å². The molecule has 1 N–H and O–H groups in total.